The maximum atomic E-state index is 11.6. The zero-order chi connectivity index (χ0) is 12.3. The van der Waals surface area contributed by atoms with Crippen molar-refractivity contribution in [1.29, 1.82) is 0 Å². The van der Waals surface area contributed by atoms with Crippen LogP contribution in [0.15, 0.2) is 0 Å². The highest BCUT2D eigenvalue weighted by molar-refractivity contribution is 5.77. The Bertz CT molecular complexity index is 262. The molecule has 0 amide bonds. The molecule has 1 aliphatic heterocycles. The van der Waals surface area contributed by atoms with Crippen LogP contribution in [0.2, 0.25) is 0 Å². The Morgan fingerprint density at radius 3 is 1.69 bits per heavy atom. The van der Waals surface area contributed by atoms with Crippen molar-refractivity contribution in [2.24, 2.45) is 0 Å². The molecular weight excluding hydrogens is 210 g/mol. The fourth-order valence-electron chi connectivity index (χ4n) is 2.44. The molecule has 2 atom stereocenters. The standard InChI is InChI=1S/C11H20NO4/c1-12(2)8(10(13)15-3)6-5-7-9(12)11(14)16-4/h8-9H,5-7H2,1-4H3/q+1/t8-,9+. The van der Waals surface area contributed by atoms with E-state index in [-0.39, 0.29) is 24.0 Å². The van der Waals surface area contributed by atoms with Gasteiger partial charge in [-0.05, 0) is 6.42 Å². The minimum Gasteiger partial charge on any atom is -0.465 e. The molecule has 0 aromatic heterocycles. The summed E-state index contributed by atoms with van der Waals surface area (Å²) in [6.45, 7) is 0. The number of hydrogen-bond donors (Lipinski definition) is 0. The number of ether oxygens (including phenoxy) is 2. The van der Waals surface area contributed by atoms with Crippen LogP contribution < -0.4 is 0 Å². The van der Waals surface area contributed by atoms with E-state index < -0.39 is 0 Å². The summed E-state index contributed by atoms with van der Waals surface area (Å²) >= 11 is 0. The van der Waals surface area contributed by atoms with Crippen molar-refractivity contribution in [1.82, 2.24) is 0 Å². The van der Waals surface area contributed by atoms with Gasteiger partial charge in [0.2, 0.25) is 0 Å². The summed E-state index contributed by atoms with van der Waals surface area (Å²) in [7, 11) is 6.51. The molecular formula is C11H20NO4+. The smallest absolute Gasteiger partial charge is 0.364 e. The number of esters is 2. The third-order valence-electron chi connectivity index (χ3n) is 3.51. The number of rotatable bonds is 2. The molecule has 1 heterocycles. The molecule has 92 valence electrons. The summed E-state index contributed by atoms with van der Waals surface area (Å²) in [6, 6.07) is -0.550. The lowest BCUT2D eigenvalue weighted by atomic mass is 9.93. The van der Waals surface area contributed by atoms with Crippen molar-refractivity contribution in [3.8, 4) is 0 Å². The van der Waals surface area contributed by atoms with E-state index in [2.05, 4.69) is 0 Å². The molecule has 1 fully saturated rings. The van der Waals surface area contributed by atoms with E-state index in [0.29, 0.717) is 4.48 Å². The minimum absolute atomic E-state index is 0.251. The third-order valence-corrected chi connectivity index (χ3v) is 3.51. The molecule has 0 unspecified atom stereocenters. The monoisotopic (exact) mass is 230 g/mol. The van der Waals surface area contributed by atoms with Crippen LogP contribution in [-0.4, -0.2) is 56.8 Å². The van der Waals surface area contributed by atoms with Crippen molar-refractivity contribution in [3.63, 3.8) is 0 Å². The van der Waals surface area contributed by atoms with Gasteiger partial charge < -0.3 is 14.0 Å². The van der Waals surface area contributed by atoms with Crippen molar-refractivity contribution in [2.45, 2.75) is 31.3 Å². The summed E-state index contributed by atoms with van der Waals surface area (Å²) < 4.78 is 9.88. The van der Waals surface area contributed by atoms with Gasteiger partial charge in [-0.2, -0.15) is 0 Å². The fourth-order valence-corrected chi connectivity index (χ4v) is 2.44. The number of hydrogen-bond acceptors (Lipinski definition) is 4. The van der Waals surface area contributed by atoms with Crippen molar-refractivity contribution >= 4 is 11.9 Å². The normalized spacial score (nSPS) is 28.2. The maximum Gasteiger partial charge on any atom is 0.364 e. The summed E-state index contributed by atoms with van der Waals surface area (Å²) in [6.07, 6.45) is 2.36. The van der Waals surface area contributed by atoms with Gasteiger partial charge in [-0.25, -0.2) is 9.59 Å². The minimum atomic E-state index is -0.275. The van der Waals surface area contributed by atoms with E-state index in [1.807, 2.05) is 14.1 Å². The summed E-state index contributed by atoms with van der Waals surface area (Å²) in [5, 5.41) is 0. The van der Waals surface area contributed by atoms with Gasteiger partial charge >= 0.3 is 11.9 Å². The second-order valence-electron chi connectivity index (χ2n) is 4.64. The zero-order valence-corrected chi connectivity index (χ0v) is 10.4. The first kappa shape index (κ1) is 13.0. The Morgan fingerprint density at radius 1 is 1.00 bits per heavy atom. The van der Waals surface area contributed by atoms with Gasteiger partial charge in [-0.15, -0.1) is 0 Å². The van der Waals surface area contributed by atoms with Gasteiger partial charge in [0.1, 0.15) is 0 Å². The van der Waals surface area contributed by atoms with Gasteiger partial charge in [-0.1, -0.05) is 0 Å². The van der Waals surface area contributed by atoms with E-state index in [0.717, 1.165) is 19.3 Å². The Morgan fingerprint density at radius 2 is 1.38 bits per heavy atom. The molecule has 0 aliphatic carbocycles. The second kappa shape index (κ2) is 4.82. The number of nitrogens with zero attached hydrogens (tertiary/aromatic N) is 1. The predicted molar refractivity (Wildman–Crippen MR) is 57.6 cm³/mol. The lowest BCUT2D eigenvalue weighted by Crippen LogP contribution is -2.64. The van der Waals surface area contributed by atoms with Crippen molar-refractivity contribution < 1.29 is 23.5 Å². The number of piperidine rings is 1. The van der Waals surface area contributed by atoms with Crippen LogP contribution in [0.4, 0.5) is 0 Å². The Labute approximate surface area is 95.9 Å². The number of methoxy groups -OCH3 is 2. The molecule has 5 nitrogen and oxygen atoms in total. The maximum absolute atomic E-state index is 11.6. The van der Waals surface area contributed by atoms with E-state index >= 15 is 0 Å². The molecule has 1 aliphatic rings. The number of likely N-dealkylation sites (tertiary alicyclic amines) is 1. The van der Waals surface area contributed by atoms with E-state index in [9.17, 15) is 9.59 Å². The van der Waals surface area contributed by atoms with Gasteiger partial charge in [0.05, 0.1) is 28.3 Å². The molecule has 16 heavy (non-hydrogen) atoms. The molecule has 0 N–H and O–H groups in total. The summed E-state index contributed by atoms with van der Waals surface area (Å²) in [5.74, 6) is -0.503. The summed E-state index contributed by atoms with van der Waals surface area (Å²) in [4.78, 5) is 23.3. The Kier molecular flexibility index (Phi) is 3.91. The largest absolute Gasteiger partial charge is 0.465 e. The van der Waals surface area contributed by atoms with Crippen LogP contribution in [0.1, 0.15) is 19.3 Å². The van der Waals surface area contributed by atoms with Crippen LogP contribution in [0, 0.1) is 0 Å². The molecule has 1 rings (SSSR count). The average Bonchev–Trinajstić information content (AvgIpc) is 2.26. The quantitative estimate of drug-likeness (QED) is 0.507. The Hall–Kier alpha value is -1.10. The number of likely N-dealkylation sites (N-methyl/N-ethyl adjacent to an activating group) is 1. The second-order valence-corrected chi connectivity index (χ2v) is 4.64. The first-order valence-electron chi connectivity index (χ1n) is 5.44. The van der Waals surface area contributed by atoms with Gasteiger partial charge in [0.15, 0.2) is 12.1 Å². The lowest BCUT2D eigenvalue weighted by molar-refractivity contribution is -0.927. The van der Waals surface area contributed by atoms with Crippen LogP contribution in [-0.2, 0) is 19.1 Å². The van der Waals surface area contributed by atoms with Gasteiger partial charge in [0, 0.05) is 12.8 Å². The van der Waals surface area contributed by atoms with Crippen LogP contribution >= 0.6 is 0 Å². The van der Waals surface area contributed by atoms with Crippen LogP contribution in [0.5, 0.6) is 0 Å². The predicted octanol–water partition coefficient (Wildman–Crippen LogP) is 0.330. The highest BCUT2D eigenvalue weighted by Gasteiger charge is 2.48. The lowest BCUT2D eigenvalue weighted by Gasteiger charge is -2.44. The van der Waals surface area contributed by atoms with E-state index in [4.69, 9.17) is 9.47 Å². The first-order valence-corrected chi connectivity index (χ1v) is 5.44. The van der Waals surface area contributed by atoms with Gasteiger partial charge in [0.25, 0.3) is 0 Å². The number of carbonyl (C=O) groups is 2. The molecule has 0 aromatic carbocycles. The zero-order valence-electron chi connectivity index (χ0n) is 10.4. The molecule has 0 spiro atoms. The highest BCUT2D eigenvalue weighted by atomic mass is 16.5. The Balaban J connectivity index is 2.90. The fraction of sp³-hybridized carbons (Fsp3) is 0.818. The van der Waals surface area contributed by atoms with Gasteiger partial charge in [-0.3, -0.25) is 0 Å². The first-order chi connectivity index (χ1) is 7.45. The highest BCUT2D eigenvalue weighted by Crippen LogP contribution is 2.29. The van der Waals surface area contributed by atoms with Crippen molar-refractivity contribution in [3.05, 3.63) is 0 Å². The average molecular weight is 230 g/mol. The molecule has 5 heteroatoms. The van der Waals surface area contributed by atoms with Crippen LogP contribution in [0.25, 0.3) is 0 Å². The van der Waals surface area contributed by atoms with E-state index in [1.54, 1.807) is 0 Å². The molecule has 0 radical (unpaired) electrons. The molecule has 0 bridgehead atoms. The van der Waals surface area contributed by atoms with Crippen molar-refractivity contribution in [2.75, 3.05) is 28.3 Å². The topological polar surface area (TPSA) is 52.6 Å². The molecule has 0 aromatic rings. The van der Waals surface area contributed by atoms with E-state index in [1.165, 1.54) is 14.2 Å². The van der Waals surface area contributed by atoms with Crippen LogP contribution in [0.3, 0.4) is 0 Å². The molecule has 1 saturated heterocycles. The summed E-state index contributed by atoms with van der Waals surface area (Å²) in [5.41, 5.74) is 0. The number of quaternary nitrogens is 1. The third kappa shape index (κ3) is 2.19. The SMILES string of the molecule is COC(=O)[C@H]1CCC[C@@H](C(=O)OC)[N+]1(C)C. The molecule has 0 saturated carbocycles. The number of carbonyl (C=O) groups excluding carboxylic acids is 2.